The fourth-order valence-electron chi connectivity index (χ4n) is 2.00. The van der Waals surface area contributed by atoms with Gasteiger partial charge in [0.25, 0.3) is 10.0 Å². The van der Waals surface area contributed by atoms with Crippen LogP contribution in [-0.4, -0.2) is 63.6 Å². The molecule has 1 aromatic rings. The molecule has 2 N–H and O–H groups in total. The molecule has 1 aromatic heterocycles. The largest absolute Gasteiger partial charge is 0.379 e. The monoisotopic (exact) mass is 348 g/mol. The number of nitrogens with zero attached hydrogens (tertiary/aromatic N) is 2. The molecule has 1 aliphatic heterocycles. The van der Waals surface area contributed by atoms with Gasteiger partial charge >= 0.3 is 0 Å². The average molecular weight is 348 g/mol. The third-order valence-electron chi connectivity index (χ3n) is 3.08. The Bertz CT molecular complexity index is 596. The molecule has 0 aromatic carbocycles. The molecule has 1 fully saturated rings. The van der Waals surface area contributed by atoms with Crippen molar-refractivity contribution < 1.29 is 17.9 Å². The molecule has 2 rings (SSSR count). The van der Waals surface area contributed by atoms with E-state index in [4.69, 9.17) is 4.74 Å². The van der Waals surface area contributed by atoms with Crippen LogP contribution in [0, 0.1) is 0 Å². The summed E-state index contributed by atoms with van der Waals surface area (Å²) in [6.45, 7) is 5.80. The zero-order valence-electron chi connectivity index (χ0n) is 12.4. The van der Waals surface area contributed by atoms with Crippen LogP contribution < -0.4 is 10.0 Å². The minimum absolute atomic E-state index is 0.0997. The Kier molecular flexibility index (Phi) is 6.26. The van der Waals surface area contributed by atoms with Gasteiger partial charge in [-0.1, -0.05) is 11.3 Å². The molecule has 1 saturated heterocycles. The summed E-state index contributed by atoms with van der Waals surface area (Å²) < 4.78 is 32.1. The van der Waals surface area contributed by atoms with E-state index in [2.05, 4.69) is 19.9 Å². The molecule has 0 spiro atoms. The topological polar surface area (TPSA) is 101 Å². The summed E-state index contributed by atoms with van der Waals surface area (Å²) in [5, 5.41) is 2.74. The second kappa shape index (κ2) is 7.97. The Morgan fingerprint density at radius 3 is 2.86 bits per heavy atom. The van der Waals surface area contributed by atoms with E-state index in [1.807, 2.05) is 0 Å². The quantitative estimate of drug-likeness (QED) is 0.678. The molecular formula is C12H20N4O4S2. The first kappa shape index (κ1) is 17.3. The number of morpholine rings is 1. The van der Waals surface area contributed by atoms with E-state index >= 15 is 0 Å². The van der Waals surface area contributed by atoms with Gasteiger partial charge in [0.05, 0.1) is 19.4 Å². The van der Waals surface area contributed by atoms with Crippen LogP contribution in [0.25, 0.3) is 0 Å². The van der Waals surface area contributed by atoms with Gasteiger partial charge in [-0.15, -0.1) is 0 Å². The van der Waals surface area contributed by atoms with E-state index in [0.717, 1.165) is 50.6 Å². The van der Waals surface area contributed by atoms with Crippen molar-refractivity contribution in [2.75, 3.05) is 44.7 Å². The number of rotatable bonds is 7. The van der Waals surface area contributed by atoms with Crippen LogP contribution in [0.3, 0.4) is 0 Å². The number of sulfonamides is 1. The second-order valence-electron chi connectivity index (χ2n) is 4.87. The number of anilines is 1. The van der Waals surface area contributed by atoms with Crippen LogP contribution in [-0.2, 0) is 19.6 Å². The number of ether oxygens (including phenoxy) is 1. The van der Waals surface area contributed by atoms with E-state index < -0.39 is 10.0 Å². The molecule has 22 heavy (non-hydrogen) atoms. The summed E-state index contributed by atoms with van der Waals surface area (Å²) in [6.07, 6.45) is 1.98. The summed E-state index contributed by atoms with van der Waals surface area (Å²) in [5.41, 5.74) is 0. The Morgan fingerprint density at radius 2 is 2.18 bits per heavy atom. The van der Waals surface area contributed by atoms with Crippen LogP contribution >= 0.6 is 11.3 Å². The third kappa shape index (κ3) is 5.29. The Morgan fingerprint density at radius 1 is 1.45 bits per heavy atom. The number of aromatic nitrogens is 1. The van der Waals surface area contributed by atoms with E-state index in [-0.39, 0.29) is 15.2 Å². The maximum atomic E-state index is 12.1. The summed E-state index contributed by atoms with van der Waals surface area (Å²) in [6, 6.07) is 0. The highest BCUT2D eigenvalue weighted by molar-refractivity contribution is 7.91. The molecule has 0 bridgehead atoms. The molecule has 124 valence electrons. The van der Waals surface area contributed by atoms with E-state index in [1.54, 1.807) is 0 Å². The van der Waals surface area contributed by atoms with Crippen LogP contribution in [0.4, 0.5) is 5.13 Å². The van der Waals surface area contributed by atoms with Gasteiger partial charge in [0.2, 0.25) is 5.91 Å². The minimum atomic E-state index is -3.57. The fourth-order valence-corrected chi connectivity index (χ4v) is 4.19. The highest BCUT2D eigenvalue weighted by atomic mass is 32.2. The normalized spacial score (nSPS) is 16.6. The van der Waals surface area contributed by atoms with E-state index in [1.165, 1.54) is 13.1 Å². The van der Waals surface area contributed by atoms with E-state index in [0.29, 0.717) is 6.54 Å². The molecule has 1 amide bonds. The van der Waals surface area contributed by atoms with Gasteiger partial charge < -0.3 is 10.1 Å². The summed E-state index contributed by atoms with van der Waals surface area (Å²) >= 11 is 0.934. The molecule has 10 heteroatoms. The van der Waals surface area contributed by atoms with Crippen molar-refractivity contribution in [2.24, 2.45) is 0 Å². The summed E-state index contributed by atoms with van der Waals surface area (Å²) in [7, 11) is -3.57. The Labute approximate surface area is 133 Å². The van der Waals surface area contributed by atoms with Crippen LogP contribution in [0.5, 0.6) is 0 Å². The average Bonchev–Trinajstić information content (AvgIpc) is 2.93. The SMILES string of the molecule is CC(=O)Nc1ncc(S(=O)(=O)NCCCN2CCOCC2)s1. The lowest BCUT2D eigenvalue weighted by Gasteiger charge is -2.26. The lowest BCUT2D eigenvalue weighted by atomic mass is 10.3. The molecule has 2 heterocycles. The Balaban J connectivity index is 1.77. The first-order valence-electron chi connectivity index (χ1n) is 7.00. The number of amides is 1. The molecule has 0 radical (unpaired) electrons. The number of nitrogens with one attached hydrogen (secondary N) is 2. The second-order valence-corrected chi connectivity index (χ2v) is 7.90. The van der Waals surface area contributed by atoms with Gasteiger partial charge in [0.15, 0.2) is 9.34 Å². The van der Waals surface area contributed by atoms with Crippen LogP contribution in [0.1, 0.15) is 13.3 Å². The van der Waals surface area contributed by atoms with Crippen molar-refractivity contribution in [3.05, 3.63) is 6.20 Å². The highest BCUT2D eigenvalue weighted by Gasteiger charge is 2.18. The fraction of sp³-hybridized carbons (Fsp3) is 0.667. The molecule has 1 aliphatic rings. The molecule has 0 unspecified atom stereocenters. The van der Waals surface area contributed by atoms with Gasteiger partial charge in [-0.25, -0.2) is 18.1 Å². The van der Waals surface area contributed by atoms with Gasteiger partial charge in [-0.05, 0) is 13.0 Å². The summed E-state index contributed by atoms with van der Waals surface area (Å²) in [5.74, 6) is -0.281. The van der Waals surface area contributed by atoms with Crippen LogP contribution in [0.2, 0.25) is 0 Å². The first-order chi connectivity index (χ1) is 10.5. The van der Waals surface area contributed by atoms with Gasteiger partial charge in [-0.2, -0.15) is 0 Å². The Hall–Kier alpha value is -1.07. The lowest BCUT2D eigenvalue weighted by molar-refractivity contribution is -0.114. The number of hydrogen-bond acceptors (Lipinski definition) is 7. The zero-order chi connectivity index (χ0) is 16.0. The first-order valence-corrected chi connectivity index (χ1v) is 9.30. The molecule has 0 aliphatic carbocycles. The maximum absolute atomic E-state index is 12.1. The standard InChI is InChI=1S/C12H20N4O4S2/c1-10(17)15-12-13-9-11(21-12)22(18,19)14-3-2-4-16-5-7-20-8-6-16/h9,14H,2-8H2,1H3,(H,13,15,17). The predicted molar refractivity (Wildman–Crippen MR) is 83.5 cm³/mol. The van der Waals surface area contributed by atoms with Crippen molar-refractivity contribution in [2.45, 2.75) is 17.6 Å². The van der Waals surface area contributed by atoms with Crippen molar-refractivity contribution >= 4 is 32.4 Å². The highest BCUT2D eigenvalue weighted by Crippen LogP contribution is 2.22. The van der Waals surface area contributed by atoms with Crippen molar-refractivity contribution in [3.8, 4) is 0 Å². The number of carbonyl (C=O) groups excluding carboxylic acids is 1. The van der Waals surface area contributed by atoms with Gasteiger partial charge in [0.1, 0.15) is 0 Å². The van der Waals surface area contributed by atoms with E-state index in [9.17, 15) is 13.2 Å². The number of carbonyl (C=O) groups is 1. The van der Waals surface area contributed by atoms with Crippen molar-refractivity contribution in [1.82, 2.24) is 14.6 Å². The predicted octanol–water partition coefficient (Wildman–Crippen LogP) is 0.102. The third-order valence-corrected chi connectivity index (χ3v) is 5.91. The van der Waals surface area contributed by atoms with Crippen molar-refractivity contribution in [1.29, 1.82) is 0 Å². The number of hydrogen-bond donors (Lipinski definition) is 2. The van der Waals surface area contributed by atoms with Crippen molar-refractivity contribution in [3.63, 3.8) is 0 Å². The smallest absolute Gasteiger partial charge is 0.251 e. The number of thiazole rings is 1. The minimum Gasteiger partial charge on any atom is -0.379 e. The lowest BCUT2D eigenvalue weighted by Crippen LogP contribution is -2.38. The molecule has 0 atom stereocenters. The van der Waals surface area contributed by atoms with Gasteiger partial charge in [-0.3, -0.25) is 9.69 Å². The molecular weight excluding hydrogens is 328 g/mol. The maximum Gasteiger partial charge on any atom is 0.251 e. The molecule has 0 saturated carbocycles. The van der Waals surface area contributed by atoms with Crippen LogP contribution in [0.15, 0.2) is 10.4 Å². The van der Waals surface area contributed by atoms with Gasteiger partial charge in [0, 0.05) is 26.6 Å². The summed E-state index contributed by atoms with van der Waals surface area (Å²) in [4.78, 5) is 17.0. The zero-order valence-corrected chi connectivity index (χ0v) is 14.0. The molecule has 8 nitrogen and oxygen atoms in total.